The molecular weight excluding hydrogens is 390 g/mol. The Bertz CT molecular complexity index is 1220. The number of ketones is 2. The van der Waals surface area contributed by atoms with Crippen LogP contribution in [-0.4, -0.2) is 24.9 Å². The molecule has 3 aromatic rings. The van der Waals surface area contributed by atoms with Crippen LogP contribution in [0.15, 0.2) is 54.6 Å². The van der Waals surface area contributed by atoms with Crippen LogP contribution in [0, 0.1) is 5.41 Å². The van der Waals surface area contributed by atoms with E-state index in [2.05, 4.69) is 29.2 Å². The molecule has 0 atom stereocenters. The summed E-state index contributed by atoms with van der Waals surface area (Å²) in [4.78, 5) is 28.6. The minimum atomic E-state index is -0.939. The molecule has 156 valence electrons. The van der Waals surface area contributed by atoms with Crippen molar-refractivity contribution >= 4 is 28.0 Å². The number of benzene rings is 3. The third-order valence-corrected chi connectivity index (χ3v) is 6.98. The maximum atomic E-state index is 13.2. The average Bonchev–Trinajstić information content (AvgIpc) is 3.25. The van der Waals surface area contributed by atoms with Crippen LogP contribution in [0.5, 0.6) is 11.5 Å². The van der Waals surface area contributed by atoms with Gasteiger partial charge in [0.1, 0.15) is 17.0 Å². The first kappa shape index (κ1) is 18.4. The summed E-state index contributed by atoms with van der Waals surface area (Å²) in [5.41, 5.74) is 2.34. The number of carbonyl (C=O) groups excluding carboxylic acids is 2. The smallest absolute Gasteiger partial charge is 0.231 e. The zero-order chi connectivity index (χ0) is 21.0. The highest BCUT2D eigenvalue weighted by molar-refractivity contribution is 6.11. The summed E-state index contributed by atoms with van der Waals surface area (Å²) in [5.74, 6) is 1.69. The molecule has 0 N–H and O–H groups in total. The van der Waals surface area contributed by atoms with E-state index < -0.39 is 5.41 Å². The van der Waals surface area contributed by atoms with Crippen molar-refractivity contribution in [1.29, 1.82) is 0 Å². The van der Waals surface area contributed by atoms with Gasteiger partial charge in [-0.05, 0) is 52.9 Å². The first-order chi connectivity index (χ1) is 15.1. The Morgan fingerprint density at radius 2 is 1.71 bits per heavy atom. The molecular formula is C26H23NO4. The molecule has 3 aromatic carbocycles. The Morgan fingerprint density at radius 3 is 2.58 bits per heavy atom. The minimum Gasteiger partial charge on any atom is -0.454 e. The average molecular weight is 413 g/mol. The van der Waals surface area contributed by atoms with Gasteiger partial charge >= 0.3 is 0 Å². The molecule has 1 fully saturated rings. The Hall–Kier alpha value is -3.34. The molecule has 6 rings (SSSR count). The lowest BCUT2D eigenvalue weighted by Gasteiger charge is -2.45. The van der Waals surface area contributed by atoms with Crippen molar-refractivity contribution < 1.29 is 19.1 Å². The molecule has 2 heterocycles. The van der Waals surface area contributed by atoms with Crippen molar-refractivity contribution in [3.63, 3.8) is 0 Å². The number of anilines is 1. The van der Waals surface area contributed by atoms with Crippen molar-refractivity contribution in [3.05, 3.63) is 65.7 Å². The van der Waals surface area contributed by atoms with Gasteiger partial charge in [-0.3, -0.25) is 9.59 Å². The third-order valence-electron chi connectivity index (χ3n) is 6.98. The van der Waals surface area contributed by atoms with E-state index in [1.165, 1.54) is 0 Å². The Kier molecular flexibility index (Phi) is 4.07. The fourth-order valence-electron chi connectivity index (χ4n) is 5.39. The number of hydrogen-bond donors (Lipinski definition) is 0. The number of ether oxygens (including phenoxy) is 2. The topological polar surface area (TPSA) is 55.8 Å². The van der Waals surface area contributed by atoms with E-state index in [-0.39, 0.29) is 18.4 Å². The van der Waals surface area contributed by atoms with Gasteiger partial charge in [-0.15, -0.1) is 0 Å². The Morgan fingerprint density at radius 1 is 0.903 bits per heavy atom. The van der Waals surface area contributed by atoms with Gasteiger partial charge < -0.3 is 14.4 Å². The van der Waals surface area contributed by atoms with Gasteiger partial charge in [0.15, 0.2) is 11.5 Å². The molecule has 5 nitrogen and oxygen atoms in total. The summed E-state index contributed by atoms with van der Waals surface area (Å²) >= 11 is 0. The van der Waals surface area contributed by atoms with Crippen LogP contribution in [0.3, 0.4) is 0 Å². The molecule has 2 aliphatic heterocycles. The van der Waals surface area contributed by atoms with Crippen molar-refractivity contribution in [2.24, 2.45) is 5.41 Å². The maximum Gasteiger partial charge on any atom is 0.231 e. The lowest BCUT2D eigenvalue weighted by Crippen LogP contribution is -2.54. The number of Topliss-reactive ketones (excluding diaryl/α,β-unsaturated/α-hetero) is 2. The predicted molar refractivity (Wildman–Crippen MR) is 118 cm³/mol. The minimum absolute atomic E-state index is 0.0954. The van der Waals surface area contributed by atoms with E-state index in [1.54, 1.807) is 0 Å². The van der Waals surface area contributed by atoms with E-state index >= 15 is 0 Å². The Labute approximate surface area is 180 Å². The molecule has 0 radical (unpaired) electrons. The SMILES string of the molecule is O=C1CCCC(=O)C12Cc1c(ccc3ccccc13)N(Cc1ccc3c(c1)OCO3)C2. The van der Waals surface area contributed by atoms with Crippen molar-refractivity contribution in [1.82, 2.24) is 0 Å². The number of rotatable bonds is 2. The zero-order valence-electron chi connectivity index (χ0n) is 17.2. The van der Waals surface area contributed by atoms with Crippen LogP contribution < -0.4 is 14.4 Å². The van der Waals surface area contributed by atoms with Crippen LogP contribution in [-0.2, 0) is 22.6 Å². The van der Waals surface area contributed by atoms with E-state index in [0.717, 1.165) is 39.1 Å². The van der Waals surface area contributed by atoms with Gasteiger partial charge in [0.05, 0.1) is 0 Å². The summed E-state index contributed by atoms with van der Waals surface area (Å²) < 4.78 is 11.0. The molecule has 0 saturated heterocycles. The number of nitrogens with zero attached hydrogens (tertiary/aromatic N) is 1. The van der Waals surface area contributed by atoms with Crippen LogP contribution >= 0.6 is 0 Å². The molecule has 1 saturated carbocycles. The number of hydrogen-bond acceptors (Lipinski definition) is 5. The molecule has 0 bridgehead atoms. The second-order valence-electron chi connectivity index (χ2n) is 8.79. The second kappa shape index (κ2) is 6.84. The molecule has 5 heteroatoms. The van der Waals surface area contributed by atoms with Crippen LogP contribution in [0.25, 0.3) is 10.8 Å². The van der Waals surface area contributed by atoms with Gasteiger partial charge in [-0.1, -0.05) is 36.4 Å². The lowest BCUT2D eigenvalue weighted by atomic mass is 9.65. The fraction of sp³-hybridized carbons (Fsp3) is 0.308. The van der Waals surface area contributed by atoms with E-state index in [1.807, 2.05) is 30.3 Å². The molecule has 1 spiro atoms. The summed E-state index contributed by atoms with van der Waals surface area (Å²) in [5, 5.41) is 2.26. The van der Waals surface area contributed by atoms with Crippen molar-refractivity contribution in [2.45, 2.75) is 32.2 Å². The molecule has 31 heavy (non-hydrogen) atoms. The van der Waals surface area contributed by atoms with Crippen LogP contribution in [0.1, 0.15) is 30.4 Å². The number of fused-ring (bicyclic) bond motifs is 4. The predicted octanol–water partition coefficient (Wildman–Crippen LogP) is 4.44. The molecule has 1 aliphatic carbocycles. The lowest BCUT2D eigenvalue weighted by molar-refractivity contribution is -0.143. The van der Waals surface area contributed by atoms with Crippen molar-refractivity contribution in [2.75, 3.05) is 18.2 Å². The maximum absolute atomic E-state index is 13.2. The normalized spacial score (nSPS) is 19.2. The van der Waals surface area contributed by atoms with Gasteiger partial charge in [-0.25, -0.2) is 0 Å². The molecule has 0 amide bonds. The second-order valence-corrected chi connectivity index (χ2v) is 8.79. The first-order valence-corrected chi connectivity index (χ1v) is 10.8. The van der Waals surface area contributed by atoms with Gasteiger partial charge in [0.2, 0.25) is 6.79 Å². The van der Waals surface area contributed by atoms with Gasteiger partial charge in [0.25, 0.3) is 0 Å². The third kappa shape index (κ3) is 2.83. The van der Waals surface area contributed by atoms with Crippen molar-refractivity contribution in [3.8, 4) is 11.5 Å². The summed E-state index contributed by atoms with van der Waals surface area (Å²) in [6, 6.07) is 18.4. The van der Waals surface area contributed by atoms with Crippen LogP contribution in [0.4, 0.5) is 5.69 Å². The monoisotopic (exact) mass is 413 g/mol. The van der Waals surface area contributed by atoms with Gasteiger partial charge in [-0.2, -0.15) is 0 Å². The Balaban J connectivity index is 1.48. The highest BCUT2D eigenvalue weighted by Gasteiger charge is 2.50. The van der Waals surface area contributed by atoms with E-state index in [4.69, 9.17) is 9.47 Å². The highest BCUT2D eigenvalue weighted by Crippen LogP contribution is 2.45. The summed E-state index contributed by atoms with van der Waals surface area (Å²) in [6.07, 6.45) is 2.15. The standard InChI is InChI=1S/C26H23NO4/c28-24-6-3-7-25(29)26(24)13-20-19-5-2-1-4-18(19)9-10-21(20)27(15-26)14-17-8-11-22-23(12-17)31-16-30-22/h1-2,4-5,8-12H,3,6-7,13-16H2. The largest absolute Gasteiger partial charge is 0.454 e. The number of carbonyl (C=O) groups is 2. The molecule has 3 aliphatic rings. The van der Waals surface area contributed by atoms with Crippen LogP contribution in [0.2, 0.25) is 0 Å². The van der Waals surface area contributed by atoms with E-state index in [9.17, 15) is 9.59 Å². The quantitative estimate of drug-likeness (QED) is 0.582. The van der Waals surface area contributed by atoms with E-state index in [0.29, 0.717) is 38.8 Å². The molecule has 0 unspecified atom stereocenters. The zero-order valence-corrected chi connectivity index (χ0v) is 17.2. The van der Waals surface area contributed by atoms with Gasteiger partial charge in [0, 0.05) is 31.6 Å². The fourth-order valence-corrected chi connectivity index (χ4v) is 5.39. The summed E-state index contributed by atoms with van der Waals surface area (Å²) in [6.45, 7) is 1.28. The first-order valence-electron chi connectivity index (χ1n) is 10.8. The summed E-state index contributed by atoms with van der Waals surface area (Å²) in [7, 11) is 0. The molecule has 0 aromatic heterocycles. The highest BCUT2D eigenvalue weighted by atomic mass is 16.7.